The summed E-state index contributed by atoms with van der Waals surface area (Å²) in [5, 5.41) is 0.916. The van der Waals surface area contributed by atoms with Crippen LogP contribution in [0.1, 0.15) is 35.7 Å². The Labute approximate surface area is 168 Å². The molecule has 1 aromatic carbocycles. The molecule has 1 fully saturated rings. The van der Waals surface area contributed by atoms with E-state index in [4.69, 9.17) is 4.42 Å². The predicted molar refractivity (Wildman–Crippen MR) is 113 cm³/mol. The molecule has 0 amide bonds. The summed E-state index contributed by atoms with van der Waals surface area (Å²) in [5.74, 6) is 0.526. The van der Waals surface area contributed by atoms with E-state index in [0.29, 0.717) is 22.8 Å². The third-order valence-corrected chi connectivity index (χ3v) is 5.95. The van der Waals surface area contributed by atoms with E-state index in [1.165, 1.54) is 5.56 Å². The van der Waals surface area contributed by atoms with Crippen molar-refractivity contribution in [1.29, 1.82) is 0 Å². The quantitative estimate of drug-likeness (QED) is 0.487. The molecule has 4 heterocycles. The van der Waals surface area contributed by atoms with Crippen molar-refractivity contribution >= 4 is 16.6 Å². The number of fused-ring (bicyclic) bond motifs is 2. The SMILES string of the molecule is Cc1cn2cc(-c3cc4ccc(C5CCN(C)CC5)cc4oc3=O)nc2c(C)n1. The highest BCUT2D eigenvalue weighted by Gasteiger charge is 2.19. The zero-order valence-electron chi connectivity index (χ0n) is 17.0. The van der Waals surface area contributed by atoms with Crippen LogP contribution in [-0.4, -0.2) is 39.4 Å². The molecule has 0 unspecified atom stereocenters. The van der Waals surface area contributed by atoms with Gasteiger partial charge in [-0.25, -0.2) is 9.78 Å². The molecule has 148 valence electrons. The average Bonchev–Trinajstić information content (AvgIpc) is 3.11. The topological polar surface area (TPSA) is 63.6 Å². The van der Waals surface area contributed by atoms with E-state index in [-0.39, 0.29) is 5.63 Å². The van der Waals surface area contributed by atoms with E-state index in [1.54, 1.807) is 0 Å². The first kappa shape index (κ1) is 18.1. The maximum Gasteiger partial charge on any atom is 0.345 e. The van der Waals surface area contributed by atoms with Gasteiger partial charge in [-0.2, -0.15) is 0 Å². The van der Waals surface area contributed by atoms with Crippen molar-refractivity contribution in [3.05, 3.63) is 64.0 Å². The van der Waals surface area contributed by atoms with Crippen molar-refractivity contribution in [2.75, 3.05) is 20.1 Å². The molecular formula is C23H24N4O2. The first-order chi connectivity index (χ1) is 14.0. The zero-order chi connectivity index (χ0) is 20.1. The molecule has 29 heavy (non-hydrogen) atoms. The Morgan fingerprint density at radius 3 is 2.66 bits per heavy atom. The van der Waals surface area contributed by atoms with Crippen LogP contribution in [-0.2, 0) is 0 Å². The van der Waals surface area contributed by atoms with Gasteiger partial charge in [0.25, 0.3) is 0 Å². The third kappa shape index (κ3) is 3.23. The van der Waals surface area contributed by atoms with Crippen LogP contribution in [0.15, 0.2) is 45.9 Å². The van der Waals surface area contributed by atoms with Gasteiger partial charge in [0.1, 0.15) is 5.58 Å². The summed E-state index contributed by atoms with van der Waals surface area (Å²) < 4.78 is 7.64. The molecule has 3 aromatic heterocycles. The molecule has 6 nitrogen and oxygen atoms in total. The highest BCUT2D eigenvalue weighted by Crippen LogP contribution is 2.30. The number of imidazole rings is 1. The highest BCUT2D eigenvalue weighted by molar-refractivity contribution is 5.82. The van der Waals surface area contributed by atoms with Gasteiger partial charge in [-0.05, 0) is 70.4 Å². The summed E-state index contributed by atoms with van der Waals surface area (Å²) in [6, 6.07) is 8.15. The summed E-state index contributed by atoms with van der Waals surface area (Å²) in [7, 11) is 2.16. The Bertz CT molecular complexity index is 1280. The van der Waals surface area contributed by atoms with Crippen LogP contribution >= 0.6 is 0 Å². The first-order valence-corrected chi connectivity index (χ1v) is 10.1. The Kier molecular flexibility index (Phi) is 4.24. The number of rotatable bonds is 2. The molecule has 1 aliphatic rings. The summed E-state index contributed by atoms with van der Waals surface area (Å²) >= 11 is 0. The van der Waals surface area contributed by atoms with Crippen LogP contribution < -0.4 is 5.63 Å². The average molecular weight is 388 g/mol. The van der Waals surface area contributed by atoms with Crippen molar-refractivity contribution in [2.24, 2.45) is 0 Å². The Morgan fingerprint density at radius 1 is 1.07 bits per heavy atom. The molecule has 5 rings (SSSR count). The predicted octanol–water partition coefficient (Wildman–Crippen LogP) is 3.93. The van der Waals surface area contributed by atoms with E-state index >= 15 is 0 Å². The molecule has 1 saturated heterocycles. The number of benzene rings is 1. The highest BCUT2D eigenvalue weighted by atomic mass is 16.4. The molecule has 0 saturated carbocycles. The Balaban J connectivity index is 1.56. The molecular weight excluding hydrogens is 364 g/mol. The zero-order valence-corrected chi connectivity index (χ0v) is 17.0. The fourth-order valence-corrected chi connectivity index (χ4v) is 4.34. The van der Waals surface area contributed by atoms with Gasteiger partial charge in [0.15, 0.2) is 5.65 Å². The lowest BCUT2D eigenvalue weighted by molar-refractivity contribution is 0.255. The Morgan fingerprint density at radius 2 is 1.86 bits per heavy atom. The second-order valence-electron chi connectivity index (χ2n) is 8.15. The maximum absolute atomic E-state index is 12.8. The lowest BCUT2D eigenvalue weighted by Gasteiger charge is -2.29. The maximum atomic E-state index is 12.8. The normalized spacial score (nSPS) is 16.1. The summed E-state index contributed by atoms with van der Waals surface area (Å²) in [4.78, 5) is 24.2. The summed E-state index contributed by atoms with van der Waals surface area (Å²) in [6.07, 6.45) is 6.05. The standard InChI is InChI=1S/C23H24N4O2/c1-14-12-27-13-20(25-22(27)15(2)24-14)19-10-18-5-4-17(11-21(18)29-23(19)28)16-6-8-26(3)9-7-16/h4-5,10-13,16H,6-9H2,1-3H3. The minimum absolute atomic E-state index is 0.358. The molecule has 0 aliphatic carbocycles. The number of nitrogens with zero attached hydrogens (tertiary/aromatic N) is 4. The number of hydrogen-bond donors (Lipinski definition) is 0. The molecule has 1 aliphatic heterocycles. The largest absolute Gasteiger partial charge is 0.422 e. The Hall–Kier alpha value is -2.99. The molecule has 0 N–H and O–H groups in total. The minimum atomic E-state index is -0.358. The van der Waals surface area contributed by atoms with E-state index < -0.39 is 0 Å². The van der Waals surface area contributed by atoms with E-state index in [0.717, 1.165) is 48.4 Å². The summed E-state index contributed by atoms with van der Waals surface area (Å²) in [5.41, 5.74) is 5.13. The summed E-state index contributed by atoms with van der Waals surface area (Å²) in [6.45, 7) is 6.07. The van der Waals surface area contributed by atoms with Gasteiger partial charge >= 0.3 is 5.63 Å². The van der Waals surface area contributed by atoms with Gasteiger partial charge in [-0.15, -0.1) is 0 Å². The number of piperidine rings is 1. The van der Waals surface area contributed by atoms with Crippen LogP contribution in [0.4, 0.5) is 0 Å². The van der Waals surface area contributed by atoms with Crippen molar-refractivity contribution < 1.29 is 4.42 Å². The molecule has 0 radical (unpaired) electrons. The van der Waals surface area contributed by atoms with Gasteiger partial charge < -0.3 is 13.7 Å². The van der Waals surface area contributed by atoms with E-state index in [1.807, 2.05) is 42.8 Å². The van der Waals surface area contributed by atoms with Crippen LogP contribution in [0.5, 0.6) is 0 Å². The van der Waals surface area contributed by atoms with Gasteiger partial charge in [-0.3, -0.25) is 4.98 Å². The van der Waals surface area contributed by atoms with Crippen molar-refractivity contribution in [1.82, 2.24) is 19.3 Å². The van der Waals surface area contributed by atoms with Crippen LogP contribution in [0, 0.1) is 13.8 Å². The van der Waals surface area contributed by atoms with Crippen LogP contribution in [0.25, 0.3) is 27.9 Å². The monoisotopic (exact) mass is 388 g/mol. The van der Waals surface area contributed by atoms with Gasteiger partial charge in [-0.1, -0.05) is 12.1 Å². The smallest absolute Gasteiger partial charge is 0.345 e. The number of likely N-dealkylation sites (tertiary alicyclic amines) is 1. The van der Waals surface area contributed by atoms with Gasteiger partial charge in [0.05, 0.1) is 22.6 Å². The van der Waals surface area contributed by atoms with Crippen molar-refractivity contribution in [3.8, 4) is 11.3 Å². The minimum Gasteiger partial charge on any atom is -0.422 e. The second kappa shape index (κ2) is 6.81. The molecule has 0 bridgehead atoms. The van der Waals surface area contributed by atoms with Gasteiger partial charge in [0, 0.05) is 17.8 Å². The lowest BCUT2D eigenvalue weighted by atomic mass is 9.89. The van der Waals surface area contributed by atoms with E-state index in [9.17, 15) is 4.79 Å². The molecule has 4 aromatic rings. The fraction of sp³-hybridized carbons (Fsp3) is 0.348. The second-order valence-corrected chi connectivity index (χ2v) is 8.15. The third-order valence-electron chi connectivity index (χ3n) is 5.95. The molecule has 0 spiro atoms. The number of aromatic nitrogens is 3. The molecule has 0 atom stereocenters. The first-order valence-electron chi connectivity index (χ1n) is 10.1. The fourth-order valence-electron chi connectivity index (χ4n) is 4.34. The van der Waals surface area contributed by atoms with Crippen LogP contribution in [0.2, 0.25) is 0 Å². The molecule has 6 heteroatoms. The van der Waals surface area contributed by atoms with Crippen LogP contribution in [0.3, 0.4) is 0 Å². The number of hydrogen-bond acceptors (Lipinski definition) is 5. The van der Waals surface area contributed by atoms with Gasteiger partial charge in [0.2, 0.25) is 0 Å². The van der Waals surface area contributed by atoms with E-state index in [2.05, 4.69) is 34.0 Å². The van der Waals surface area contributed by atoms with Crippen molar-refractivity contribution in [2.45, 2.75) is 32.6 Å². The lowest BCUT2D eigenvalue weighted by Crippen LogP contribution is -2.29. The van der Waals surface area contributed by atoms with Crippen molar-refractivity contribution in [3.63, 3.8) is 0 Å². The number of aryl methyl sites for hydroxylation is 2.